The lowest BCUT2D eigenvalue weighted by Crippen LogP contribution is -2.49. The SMILES string of the molecule is COCC(NC(=O)C(NC(=O)CC(C)C)c1ccccc1)C(=O)O. The van der Waals surface area contributed by atoms with Gasteiger partial charge in [-0.05, 0) is 11.5 Å². The minimum atomic E-state index is -1.20. The third-order valence-corrected chi connectivity index (χ3v) is 3.24. The predicted molar refractivity (Wildman–Crippen MR) is 88.2 cm³/mol. The average Bonchev–Trinajstić information content (AvgIpc) is 2.52. The van der Waals surface area contributed by atoms with Gasteiger partial charge >= 0.3 is 5.97 Å². The van der Waals surface area contributed by atoms with Gasteiger partial charge in [-0.3, -0.25) is 9.59 Å². The number of carboxylic acids is 1. The number of carbonyl (C=O) groups is 3. The summed E-state index contributed by atoms with van der Waals surface area (Å²) in [5.74, 6) is -1.93. The largest absolute Gasteiger partial charge is 0.480 e. The molecule has 0 aliphatic heterocycles. The molecule has 2 amide bonds. The van der Waals surface area contributed by atoms with Crippen molar-refractivity contribution >= 4 is 17.8 Å². The summed E-state index contributed by atoms with van der Waals surface area (Å²) in [6.07, 6.45) is 0.275. The van der Waals surface area contributed by atoms with Crippen molar-refractivity contribution in [2.45, 2.75) is 32.4 Å². The van der Waals surface area contributed by atoms with Crippen LogP contribution in [-0.2, 0) is 19.1 Å². The molecule has 2 atom stereocenters. The van der Waals surface area contributed by atoms with Crippen molar-refractivity contribution in [3.63, 3.8) is 0 Å². The van der Waals surface area contributed by atoms with Gasteiger partial charge in [-0.2, -0.15) is 0 Å². The number of benzene rings is 1. The van der Waals surface area contributed by atoms with Crippen LogP contribution in [0.5, 0.6) is 0 Å². The second-order valence-corrected chi connectivity index (χ2v) is 5.86. The first-order chi connectivity index (χ1) is 11.3. The molecule has 7 heteroatoms. The minimum absolute atomic E-state index is 0.143. The Kier molecular flexibility index (Phi) is 7.91. The van der Waals surface area contributed by atoms with Gasteiger partial charge in [-0.25, -0.2) is 4.79 Å². The van der Waals surface area contributed by atoms with Gasteiger partial charge in [0.25, 0.3) is 0 Å². The van der Waals surface area contributed by atoms with Crippen LogP contribution >= 0.6 is 0 Å². The Morgan fingerprint density at radius 3 is 2.25 bits per heavy atom. The highest BCUT2D eigenvalue weighted by Crippen LogP contribution is 2.14. The van der Waals surface area contributed by atoms with E-state index in [1.54, 1.807) is 30.3 Å². The van der Waals surface area contributed by atoms with E-state index in [9.17, 15) is 14.4 Å². The molecule has 1 rings (SSSR count). The number of carbonyl (C=O) groups excluding carboxylic acids is 2. The number of hydrogen-bond acceptors (Lipinski definition) is 4. The zero-order valence-electron chi connectivity index (χ0n) is 14.1. The lowest BCUT2D eigenvalue weighted by atomic mass is 10.0. The van der Waals surface area contributed by atoms with Crippen molar-refractivity contribution in [3.05, 3.63) is 35.9 Å². The first kappa shape index (κ1) is 19.6. The number of rotatable bonds is 9. The van der Waals surface area contributed by atoms with Crippen LogP contribution in [0.3, 0.4) is 0 Å². The molecule has 0 aliphatic rings. The highest BCUT2D eigenvalue weighted by Gasteiger charge is 2.27. The van der Waals surface area contributed by atoms with Crippen LogP contribution < -0.4 is 10.6 Å². The van der Waals surface area contributed by atoms with Crippen LogP contribution in [0.15, 0.2) is 30.3 Å². The molecule has 132 valence electrons. The molecule has 0 aromatic heterocycles. The third kappa shape index (κ3) is 6.37. The van der Waals surface area contributed by atoms with E-state index in [4.69, 9.17) is 9.84 Å². The van der Waals surface area contributed by atoms with Crippen molar-refractivity contribution in [1.29, 1.82) is 0 Å². The van der Waals surface area contributed by atoms with Crippen LogP contribution in [0.4, 0.5) is 0 Å². The summed E-state index contributed by atoms with van der Waals surface area (Å²) in [4.78, 5) is 35.7. The summed E-state index contributed by atoms with van der Waals surface area (Å²) in [5.41, 5.74) is 0.577. The number of hydrogen-bond donors (Lipinski definition) is 3. The molecule has 2 unspecified atom stereocenters. The number of amides is 2. The van der Waals surface area contributed by atoms with Crippen molar-refractivity contribution in [1.82, 2.24) is 10.6 Å². The smallest absolute Gasteiger partial charge is 0.328 e. The Labute approximate surface area is 141 Å². The minimum Gasteiger partial charge on any atom is -0.480 e. The first-order valence-corrected chi connectivity index (χ1v) is 7.71. The number of carboxylic acid groups (broad SMARTS) is 1. The monoisotopic (exact) mass is 336 g/mol. The van der Waals surface area contributed by atoms with Gasteiger partial charge in [0.05, 0.1) is 6.61 Å². The molecule has 0 spiro atoms. The lowest BCUT2D eigenvalue weighted by molar-refractivity contribution is -0.143. The van der Waals surface area contributed by atoms with E-state index in [2.05, 4.69) is 10.6 Å². The van der Waals surface area contributed by atoms with E-state index < -0.39 is 24.0 Å². The van der Waals surface area contributed by atoms with E-state index in [1.165, 1.54) is 7.11 Å². The number of aliphatic carboxylic acids is 1. The highest BCUT2D eigenvalue weighted by molar-refractivity contribution is 5.91. The number of nitrogens with one attached hydrogen (secondary N) is 2. The maximum atomic E-state index is 12.5. The van der Waals surface area contributed by atoms with Crippen molar-refractivity contribution in [2.75, 3.05) is 13.7 Å². The fraction of sp³-hybridized carbons (Fsp3) is 0.471. The predicted octanol–water partition coefficient (Wildman–Crippen LogP) is 1.11. The highest BCUT2D eigenvalue weighted by atomic mass is 16.5. The molecule has 3 N–H and O–H groups in total. The molecular weight excluding hydrogens is 312 g/mol. The van der Waals surface area contributed by atoms with Gasteiger partial charge < -0.3 is 20.5 Å². The zero-order valence-corrected chi connectivity index (χ0v) is 14.1. The molecular formula is C17H24N2O5. The Morgan fingerprint density at radius 1 is 1.12 bits per heavy atom. The quantitative estimate of drug-likeness (QED) is 0.626. The average molecular weight is 336 g/mol. The summed E-state index contributed by atoms with van der Waals surface area (Å²) >= 11 is 0. The number of methoxy groups -OCH3 is 1. The molecule has 0 fully saturated rings. The molecule has 1 aromatic rings. The maximum absolute atomic E-state index is 12.5. The van der Waals surface area contributed by atoms with Crippen LogP contribution in [-0.4, -0.2) is 42.6 Å². The Hall–Kier alpha value is -2.41. The molecule has 0 radical (unpaired) electrons. The summed E-state index contributed by atoms with van der Waals surface area (Å²) < 4.78 is 4.80. The van der Waals surface area contributed by atoms with Gasteiger partial charge in [-0.15, -0.1) is 0 Å². The topological polar surface area (TPSA) is 105 Å². The van der Waals surface area contributed by atoms with Gasteiger partial charge in [0.2, 0.25) is 11.8 Å². The van der Waals surface area contributed by atoms with E-state index in [0.717, 1.165) is 0 Å². The maximum Gasteiger partial charge on any atom is 0.328 e. The van der Waals surface area contributed by atoms with Crippen LogP contribution in [0, 0.1) is 5.92 Å². The summed E-state index contributed by atoms with van der Waals surface area (Å²) in [6.45, 7) is 3.63. The zero-order chi connectivity index (χ0) is 18.1. The molecule has 0 aliphatic carbocycles. The lowest BCUT2D eigenvalue weighted by Gasteiger charge is -2.22. The van der Waals surface area contributed by atoms with E-state index in [-0.39, 0.29) is 24.9 Å². The van der Waals surface area contributed by atoms with Gasteiger partial charge in [-0.1, -0.05) is 44.2 Å². The summed E-state index contributed by atoms with van der Waals surface area (Å²) in [7, 11) is 1.35. The molecule has 7 nitrogen and oxygen atoms in total. The van der Waals surface area contributed by atoms with E-state index in [0.29, 0.717) is 5.56 Å². The van der Waals surface area contributed by atoms with Gasteiger partial charge in [0.15, 0.2) is 6.04 Å². The molecule has 1 aromatic carbocycles. The van der Waals surface area contributed by atoms with Crippen molar-refractivity contribution in [2.24, 2.45) is 5.92 Å². The Morgan fingerprint density at radius 2 is 1.75 bits per heavy atom. The van der Waals surface area contributed by atoms with Crippen LogP contribution in [0.25, 0.3) is 0 Å². The standard InChI is InChI=1S/C17H24N2O5/c1-11(2)9-14(20)19-15(12-7-5-4-6-8-12)16(21)18-13(10-24-3)17(22)23/h4-8,11,13,15H,9-10H2,1-3H3,(H,18,21)(H,19,20)(H,22,23). The Bertz CT molecular complexity index is 559. The molecule has 0 saturated carbocycles. The molecule has 0 bridgehead atoms. The normalized spacial score (nSPS) is 13.2. The summed E-state index contributed by atoms with van der Waals surface area (Å²) in [6, 6.07) is 6.53. The van der Waals surface area contributed by atoms with Crippen LogP contribution in [0.1, 0.15) is 31.9 Å². The van der Waals surface area contributed by atoms with Gasteiger partial charge in [0.1, 0.15) is 6.04 Å². The third-order valence-electron chi connectivity index (χ3n) is 3.24. The molecule has 0 saturated heterocycles. The second-order valence-electron chi connectivity index (χ2n) is 5.86. The number of ether oxygens (including phenoxy) is 1. The van der Waals surface area contributed by atoms with Crippen molar-refractivity contribution in [3.8, 4) is 0 Å². The van der Waals surface area contributed by atoms with Crippen LogP contribution in [0.2, 0.25) is 0 Å². The second kappa shape index (κ2) is 9.67. The van der Waals surface area contributed by atoms with Crippen molar-refractivity contribution < 1.29 is 24.2 Å². The first-order valence-electron chi connectivity index (χ1n) is 7.71. The van der Waals surface area contributed by atoms with E-state index in [1.807, 2.05) is 13.8 Å². The fourth-order valence-electron chi connectivity index (χ4n) is 2.13. The summed E-state index contributed by atoms with van der Waals surface area (Å²) in [5, 5.41) is 14.2. The molecule has 0 heterocycles. The molecule has 24 heavy (non-hydrogen) atoms. The van der Waals surface area contributed by atoms with Gasteiger partial charge in [0, 0.05) is 13.5 Å². The fourth-order valence-corrected chi connectivity index (χ4v) is 2.13. The van der Waals surface area contributed by atoms with E-state index >= 15 is 0 Å². The Balaban J connectivity index is 2.93.